The van der Waals surface area contributed by atoms with Gasteiger partial charge in [-0.3, -0.25) is 9.48 Å². The maximum absolute atomic E-state index is 12.5. The van der Waals surface area contributed by atoms with Gasteiger partial charge < -0.3 is 10.1 Å². The van der Waals surface area contributed by atoms with Crippen LogP contribution in [0.15, 0.2) is 23.1 Å². The van der Waals surface area contributed by atoms with Gasteiger partial charge in [0, 0.05) is 11.9 Å². The number of aromatic nitrogens is 2. The molecule has 0 aliphatic rings. The van der Waals surface area contributed by atoms with Gasteiger partial charge in [-0.2, -0.15) is 5.10 Å². The lowest BCUT2D eigenvalue weighted by Crippen LogP contribution is -2.17. The number of carbonyl (C=O) groups excluding carboxylic acids is 2. The second-order valence-corrected chi connectivity index (χ2v) is 6.01. The number of hydrogen-bond acceptors (Lipinski definition) is 5. The van der Waals surface area contributed by atoms with E-state index in [1.165, 1.54) is 23.6 Å². The summed E-state index contributed by atoms with van der Waals surface area (Å²) in [5.41, 5.74) is 1.33. The molecule has 122 valence electrons. The van der Waals surface area contributed by atoms with Gasteiger partial charge >= 0.3 is 5.97 Å². The van der Waals surface area contributed by atoms with Crippen molar-refractivity contribution in [1.29, 1.82) is 0 Å². The highest BCUT2D eigenvalue weighted by molar-refractivity contribution is 7.98. The Hall–Kier alpha value is -1.99. The molecule has 0 saturated heterocycles. The Labute approximate surface area is 143 Å². The number of nitrogens with zero attached hydrogens (tertiary/aromatic N) is 2. The fourth-order valence-corrected chi connectivity index (χ4v) is 2.77. The summed E-state index contributed by atoms with van der Waals surface area (Å²) in [6, 6.07) is 5.20. The first-order valence-electron chi connectivity index (χ1n) is 6.65. The van der Waals surface area contributed by atoms with Crippen LogP contribution in [-0.4, -0.2) is 35.0 Å². The maximum atomic E-state index is 12.5. The molecule has 23 heavy (non-hydrogen) atoms. The lowest BCUT2D eigenvalue weighted by molar-refractivity contribution is 0.0589. The number of methoxy groups -OCH3 is 1. The van der Waals surface area contributed by atoms with E-state index in [9.17, 15) is 9.59 Å². The van der Waals surface area contributed by atoms with Crippen molar-refractivity contribution in [3.05, 3.63) is 40.2 Å². The molecule has 8 heteroatoms. The molecule has 2 aromatic rings. The summed E-state index contributed by atoms with van der Waals surface area (Å²) in [7, 11) is 2.88. The van der Waals surface area contributed by atoms with Gasteiger partial charge in [0.1, 0.15) is 0 Å². The molecule has 0 aliphatic carbocycles. The van der Waals surface area contributed by atoms with Gasteiger partial charge in [-0.15, -0.1) is 11.8 Å². The number of amides is 1. The highest BCUT2D eigenvalue weighted by Crippen LogP contribution is 2.26. The van der Waals surface area contributed by atoms with Crippen molar-refractivity contribution < 1.29 is 14.3 Å². The molecule has 1 heterocycles. The van der Waals surface area contributed by atoms with Crippen molar-refractivity contribution in [1.82, 2.24) is 9.78 Å². The molecule has 1 aromatic heterocycles. The molecule has 0 unspecified atom stereocenters. The highest BCUT2D eigenvalue weighted by atomic mass is 35.5. The Morgan fingerprint density at radius 1 is 1.39 bits per heavy atom. The topological polar surface area (TPSA) is 73.2 Å². The fourth-order valence-electron chi connectivity index (χ4n) is 2.12. The lowest BCUT2D eigenvalue weighted by atomic mass is 10.2. The number of hydrogen-bond donors (Lipinski definition) is 1. The van der Waals surface area contributed by atoms with Crippen molar-refractivity contribution in [3.8, 4) is 0 Å². The van der Waals surface area contributed by atoms with Crippen LogP contribution in [0.2, 0.25) is 5.02 Å². The predicted octanol–water partition coefficient (Wildman–Crippen LogP) is 3.14. The van der Waals surface area contributed by atoms with Gasteiger partial charge in [-0.25, -0.2) is 4.79 Å². The molecule has 1 N–H and O–H groups in total. The standard InChI is InChI=1S/C15H16ClN3O3S/c1-8-12(13(15(21)22-3)19(2)18-8)17-14(20)10-7-9(23-4)5-6-11(10)16/h5-7H,1-4H3,(H,17,20). The third-order valence-corrected chi connectivity index (χ3v) is 4.31. The summed E-state index contributed by atoms with van der Waals surface area (Å²) in [5.74, 6) is -0.987. The predicted molar refractivity (Wildman–Crippen MR) is 90.5 cm³/mol. The minimum atomic E-state index is -0.577. The molecule has 0 spiro atoms. The van der Waals surface area contributed by atoms with Crippen LogP contribution in [0.3, 0.4) is 0 Å². The number of nitrogens with one attached hydrogen (secondary N) is 1. The van der Waals surface area contributed by atoms with E-state index in [0.717, 1.165) is 4.90 Å². The van der Waals surface area contributed by atoms with E-state index in [0.29, 0.717) is 22.0 Å². The van der Waals surface area contributed by atoms with Crippen molar-refractivity contribution >= 4 is 40.9 Å². The average molecular weight is 354 g/mol. The quantitative estimate of drug-likeness (QED) is 0.675. The van der Waals surface area contributed by atoms with Gasteiger partial charge in [-0.05, 0) is 31.4 Å². The summed E-state index contributed by atoms with van der Waals surface area (Å²) >= 11 is 7.61. The fraction of sp³-hybridized carbons (Fsp3) is 0.267. The second-order valence-electron chi connectivity index (χ2n) is 4.72. The molecular weight excluding hydrogens is 338 g/mol. The second kappa shape index (κ2) is 7.06. The Morgan fingerprint density at radius 2 is 2.09 bits per heavy atom. The zero-order valence-electron chi connectivity index (χ0n) is 13.1. The zero-order chi connectivity index (χ0) is 17.1. The van der Waals surface area contributed by atoms with E-state index in [4.69, 9.17) is 16.3 Å². The van der Waals surface area contributed by atoms with E-state index in [1.54, 1.807) is 26.1 Å². The van der Waals surface area contributed by atoms with E-state index >= 15 is 0 Å². The molecular formula is C15H16ClN3O3S. The first-order chi connectivity index (χ1) is 10.9. The number of thioether (sulfide) groups is 1. The number of esters is 1. The van der Waals surface area contributed by atoms with E-state index < -0.39 is 11.9 Å². The zero-order valence-corrected chi connectivity index (χ0v) is 14.7. The van der Waals surface area contributed by atoms with Crippen LogP contribution in [-0.2, 0) is 11.8 Å². The molecule has 0 aliphatic heterocycles. The van der Waals surface area contributed by atoms with Crippen LogP contribution in [0.25, 0.3) is 0 Å². The maximum Gasteiger partial charge on any atom is 0.358 e. The molecule has 1 amide bonds. The number of carbonyl (C=O) groups is 2. The Balaban J connectivity index is 2.40. The summed E-state index contributed by atoms with van der Waals surface area (Å²) in [6.45, 7) is 1.70. The number of benzene rings is 1. The van der Waals surface area contributed by atoms with Gasteiger partial charge in [0.2, 0.25) is 0 Å². The van der Waals surface area contributed by atoms with Gasteiger partial charge in [-0.1, -0.05) is 11.6 Å². The minimum absolute atomic E-state index is 0.176. The van der Waals surface area contributed by atoms with E-state index in [2.05, 4.69) is 10.4 Å². The van der Waals surface area contributed by atoms with Crippen LogP contribution in [0.5, 0.6) is 0 Å². The van der Waals surface area contributed by atoms with E-state index in [-0.39, 0.29) is 5.69 Å². The average Bonchev–Trinajstić information content (AvgIpc) is 2.80. The molecule has 0 bridgehead atoms. The summed E-state index contributed by atoms with van der Waals surface area (Å²) < 4.78 is 6.11. The molecule has 6 nitrogen and oxygen atoms in total. The Morgan fingerprint density at radius 3 is 2.70 bits per heavy atom. The lowest BCUT2D eigenvalue weighted by Gasteiger charge is -2.09. The van der Waals surface area contributed by atoms with Crippen LogP contribution in [0.1, 0.15) is 26.5 Å². The van der Waals surface area contributed by atoms with E-state index in [1.807, 2.05) is 12.3 Å². The minimum Gasteiger partial charge on any atom is -0.464 e. The Bertz CT molecular complexity index is 774. The molecule has 0 radical (unpaired) electrons. The number of ether oxygens (including phenoxy) is 1. The number of rotatable bonds is 4. The van der Waals surface area contributed by atoms with Gasteiger partial charge in [0.25, 0.3) is 5.91 Å². The van der Waals surface area contributed by atoms with Crippen LogP contribution < -0.4 is 5.32 Å². The SMILES string of the molecule is COC(=O)c1c(NC(=O)c2cc(SC)ccc2Cl)c(C)nn1C. The van der Waals surface area contributed by atoms with Crippen molar-refractivity contribution in [2.45, 2.75) is 11.8 Å². The van der Waals surface area contributed by atoms with Gasteiger partial charge in [0.15, 0.2) is 5.69 Å². The summed E-state index contributed by atoms with van der Waals surface area (Å²) in [4.78, 5) is 25.3. The molecule has 1 aromatic carbocycles. The van der Waals surface area contributed by atoms with Crippen molar-refractivity contribution in [2.75, 3.05) is 18.7 Å². The largest absolute Gasteiger partial charge is 0.464 e. The van der Waals surface area contributed by atoms with Crippen LogP contribution in [0.4, 0.5) is 5.69 Å². The van der Waals surface area contributed by atoms with Crippen LogP contribution in [0, 0.1) is 6.92 Å². The van der Waals surface area contributed by atoms with Gasteiger partial charge in [0.05, 0.1) is 29.1 Å². The molecule has 0 saturated carbocycles. The summed E-state index contributed by atoms with van der Waals surface area (Å²) in [5, 5.41) is 7.19. The number of aryl methyl sites for hydroxylation is 2. The molecule has 2 rings (SSSR count). The first-order valence-corrected chi connectivity index (χ1v) is 8.26. The number of halogens is 1. The highest BCUT2D eigenvalue weighted by Gasteiger charge is 2.23. The third kappa shape index (κ3) is 3.51. The summed E-state index contributed by atoms with van der Waals surface area (Å²) in [6.07, 6.45) is 1.91. The third-order valence-electron chi connectivity index (χ3n) is 3.26. The smallest absolute Gasteiger partial charge is 0.358 e. The monoisotopic (exact) mass is 353 g/mol. The van der Waals surface area contributed by atoms with Crippen molar-refractivity contribution in [2.24, 2.45) is 7.05 Å². The van der Waals surface area contributed by atoms with Crippen molar-refractivity contribution in [3.63, 3.8) is 0 Å². The van der Waals surface area contributed by atoms with Crippen LogP contribution >= 0.6 is 23.4 Å². The first kappa shape index (κ1) is 17.4. The number of anilines is 1. The Kier molecular flexibility index (Phi) is 5.33. The molecule has 0 fully saturated rings. The molecule has 0 atom stereocenters. The normalized spacial score (nSPS) is 10.5.